The lowest BCUT2D eigenvalue weighted by Crippen LogP contribution is -2.54. The number of hydrogen-bond acceptors (Lipinski definition) is 8. The fraction of sp³-hybridized carbons (Fsp3) is 0.429. The normalized spacial score (nSPS) is 24.1. The topological polar surface area (TPSA) is 117 Å². The molecule has 0 aliphatic carbocycles. The maximum atomic E-state index is 11.9. The molecule has 0 radical (unpaired) electrons. The number of rotatable bonds is 5. The summed E-state index contributed by atoms with van der Waals surface area (Å²) in [6.45, 7) is 5.60. The molecular formula is C28H30N6O3S. The molecule has 196 valence electrons. The van der Waals surface area contributed by atoms with Crippen LogP contribution < -0.4 is 0 Å². The van der Waals surface area contributed by atoms with E-state index in [-0.39, 0.29) is 17.6 Å². The summed E-state index contributed by atoms with van der Waals surface area (Å²) in [5, 5.41) is 34.0. The number of likely N-dealkylation sites (tertiary alicyclic amines) is 1. The third-order valence-electron chi connectivity index (χ3n) is 8.15. The van der Waals surface area contributed by atoms with Gasteiger partial charge in [-0.2, -0.15) is 14.9 Å². The van der Waals surface area contributed by atoms with Gasteiger partial charge in [0, 0.05) is 36.0 Å². The quantitative estimate of drug-likeness (QED) is 0.372. The van der Waals surface area contributed by atoms with Crippen LogP contribution in [0.25, 0.3) is 21.5 Å². The van der Waals surface area contributed by atoms with Gasteiger partial charge in [-0.1, -0.05) is 36.4 Å². The Balaban J connectivity index is 0.000000937. The van der Waals surface area contributed by atoms with Crippen LogP contribution in [0.5, 0.6) is 0 Å². The molecule has 1 aromatic carbocycles. The smallest absolute Gasteiger partial charge is 0.371 e. The van der Waals surface area contributed by atoms with Gasteiger partial charge in [0.15, 0.2) is 6.19 Å². The van der Waals surface area contributed by atoms with Gasteiger partial charge in [0.2, 0.25) is 0 Å². The van der Waals surface area contributed by atoms with E-state index >= 15 is 0 Å². The molecule has 1 saturated heterocycles. The molecule has 3 atom stereocenters. The van der Waals surface area contributed by atoms with E-state index in [1.165, 1.54) is 5.56 Å². The molecule has 5 heterocycles. The first-order valence-corrected chi connectivity index (χ1v) is 13.7. The largest absolute Gasteiger partial charge is 0.373 e. The van der Waals surface area contributed by atoms with Gasteiger partial charge in [0.1, 0.15) is 11.4 Å². The van der Waals surface area contributed by atoms with Crippen LogP contribution in [0.2, 0.25) is 0 Å². The third-order valence-corrected chi connectivity index (χ3v) is 9.04. The third kappa shape index (κ3) is 4.23. The molecule has 0 amide bonds. The Morgan fingerprint density at radius 2 is 2.03 bits per heavy atom. The van der Waals surface area contributed by atoms with Crippen LogP contribution in [-0.4, -0.2) is 42.3 Å². The SMILES string of the molecule is CC[C@@]12CCCN(C#N)[C@@H]1c1c(CCn3cc(-c4cccs4)nn3)c3ccccc3n1[C@](C)(O)C2.O=C=O. The van der Waals surface area contributed by atoms with Crippen molar-refractivity contribution in [3.63, 3.8) is 0 Å². The number of benzene rings is 1. The summed E-state index contributed by atoms with van der Waals surface area (Å²) in [4.78, 5) is 19.3. The monoisotopic (exact) mass is 530 g/mol. The van der Waals surface area contributed by atoms with Crippen LogP contribution in [0, 0.1) is 16.9 Å². The number of para-hydroxylation sites is 1. The predicted molar refractivity (Wildman–Crippen MR) is 141 cm³/mol. The van der Waals surface area contributed by atoms with E-state index in [4.69, 9.17) is 9.59 Å². The average Bonchev–Trinajstić information content (AvgIpc) is 3.66. The van der Waals surface area contributed by atoms with E-state index in [0.717, 1.165) is 59.4 Å². The fourth-order valence-corrected chi connectivity index (χ4v) is 7.41. The van der Waals surface area contributed by atoms with E-state index < -0.39 is 5.72 Å². The maximum Gasteiger partial charge on any atom is 0.373 e. The number of aliphatic hydroxyl groups is 1. The minimum atomic E-state index is -1.02. The molecule has 0 bridgehead atoms. The highest BCUT2D eigenvalue weighted by molar-refractivity contribution is 7.13. The second kappa shape index (κ2) is 10.2. The van der Waals surface area contributed by atoms with Gasteiger partial charge in [0.05, 0.1) is 22.6 Å². The van der Waals surface area contributed by atoms with Crippen LogP contribution >= 0.6 is 11.3 Å². The Bertz CT molecular complexity index is 1510. The predicted octanol–water partition coefficient (Wildman–Crippen LogP) is 4.70. The number of hydrogen-bond donors (Lipinski definition) is 1. The average molecular weight is 531 g/mol. The van der Waals surface area contributed by atoms with Crippen LogP contribution in [0.3, 0.4) is 0 Å². The van der Waals surface area contributed by atoms with E-state index in [0.29, 0.717) is 13.0 Å². The minimum absolute atomic E-state index is 0.0358. The van der Waals surface area contributed by atoms with Crippen molar-refractivity contribution in [2.45, 2.75) is 64.3 Å². The number of nitriles is 1. The second-order valence-corrected chi connectivity index (χ2v) is 11.3. The second-order valence-electron chi connectivity index (χ2n) is 10.3. The van der Waals surface area contributed by atoms with Gasteiger partial charge in [-0.05, 0) is 55.7 Å². The van der Waals surface area contributed by atoms with Crippen molar-refractivity contribution in [3.8, 4) is 16.8 Å². The molecule has 4 aromatic rings. The van der Waals surface area contributed by atoms with Crippen molar-refractivity contribution >= 4 is 28.4 Å². The highest BCUT2D eigenvalue weighted by Gasteiger charge is 2.55. The van der Waals surface area contributed by atoms with Crippen LogP contribution in [-0.2, 0) is 28.3 Å². The molecule has 6 rings (SSSR count). The van der Waals surface area contributed by atoms with Gasteiger partial charge in [-0.25, -0.2) is 0 Å². The zero-order valence-electron chi connectivity index (χ0n) is 21.5. The molecule has 9 nitrogen and oxygen atoms in total. The lowest BCUT2D eigenvalue weighted by Gasteiger charge is -2.55. The number of piperidine rings is 1. The molecule has 2 aliphatic heterocycles. The highest BCUT2D eigenvalue weighted by atomic mass is 32.1. The summed E-state index contributed by atoms with van der Waals surface area (Å²) < 4.78 is 4.04. The first kappa shape index (κ1) is 25.9. The van der Waals surface area contributed by atoms with Crippen molar-refractivity contribution in [2.75, 3.05) is 6.54 Å². The lowest BCUT2D eigenvalue weighted by atomic mass is 9.63. The fourth-order valence-electron chi connectivity index (χ4n) is 6.74. The summed E-state index contributed by atoms with van der Waals surface area (Å²) in [6.07, 6.45) is 9.10. The van der Waals surface area contributed by atoms with Gasteiger partial charge >= 0.3 is 6.15 Å². The number of carbonyl (C=O) groups excluding carboxylic acids is 2. The zero-order valence-corrected chi connectivity index (χ0v) is 22.3. The molecule has 1 fully saturated rings. The number of thiophene rings is 1. The first-order chi connectivity index (χ1) is 18.4. The molecule has 2 aliphatic rings. The summed E-state index contributed by atoms with van der Waals surface area (Å²) in [7, 11) is 0. The van der Waals surface area contributed by atoms with E-state index in [1.54, 1.807) is 11.3 Å². The Labute approximate surface area is 224 Å². The highest BCUT2D eigenvalue weighted by Crippen LogP contribution is 2.59. The molecule has 0 unspecified atom stereocenters. The van der Waals surface area contributed by atoms with Crippen LogP contribution in [0.1, 0.15) is 56.8 Å². The van der Waals surface area contributed by atoms with E-state index in [2.05, 4.69) is 52.3 Å². The van der Waals surface area contributed by atoms with Crippen LogP contribution in [0.15, 0.2) is 48.0 Å². The van der Waals surface area contributed by atoms with Gasteiger partial charge in [0.25, 0.3) is 0 Å². The Kier molecular flexibility index (Phi) is 6.93. The zero-order chi connectivity index (χ0) is 26.9. The van der Waals surface area contributed by atoms with Gasteiger partial charge < -0.3 is 14.6 Å². The molecular weight excluding hydrogens is 500 g/mol. The van der Waals surface area contributed by atoms with Crippen LogP contribution in [0.4, 0.5) is 0 Å². The Morgan fingerprint density at radius 1 is 1.24 bits per heavy atom. The van der Waals surface area contributed by atoms with Crippen molar-refractivity contribution in [1.29, 1.82) is 5.26 Å². The van der Waals surface area contributed by atoms with E-state index in [9.17, 15) is 10.4 Å². The summed E-state index contributed by atoms with van der Waals surface area (Å²) >= 11 is 1.66. The first-order valence-electron chi connectivity index (χ1n) is 12.8. The van der Waals surface area contributed by atoms with Crippen molar-refractivity contribution in [2.24, 2.45) is 5.41 Å². The summed E-state index contributed by atoms with van der Waals surface area (Å²) in [5.41, 5.74) is 3.09. The molecule has 1 N–H and O–H groups in total. The number of aryl methyl sites for hydroxylation is 2. The van der Waals surface area contributed by atoms with Gasteiger partial charge in [-0.3, -0.25) is 4.68 Å². The van der Waals surface area contributed by atoms with Crippen molar-refractivity contribution in [1.82, 2.24) is 24.5 Å². The summed E-state index contributed by atoms with van der Waals surface area (Å²) in [6, 6.07) is 12.4. The lowest BCUT2D eigenvalue weighted by molar-refractivity contribution is -0.191. The number of aromatic nitrogens is 4. The van der Waals surface area contributed by atoms with Gasteiger partial charge in [-0.15, -0.1) is 16.4 Å². The Morgan fingerprint density at radius 3 is 2.74 bits per heavy atom. The number of fused-ring (bicyclic) bond motifs is 5. The molecule has 3 aromatic heterocycles. The molecule has 10 heteroatoms. The molecule has 0 saturated carbocycles. The van der Waals surface area contributed by atoms with E-state index in [1.807, 2.05) is 40.2 Å². The van der Waals surface area contributed by atoms with Crippen molar-refractivity contribution < 1.29 is 14.7 Å². The minimum Gasteiger partial charge on any atom is -0.371 e. The Hall–Kier alpha value is -3.77. The maximum absolute atomic E-state index is 11.9. The van der Waals surface area contributed by atoms with Crippen molar-refractivity contribution in [3.05, 3.63) is 59.2 Å². The summed E-state index contributed by atoms with van der Waals surface area (Å²) in [5.74, 6) is 0. The standard InChI is InChI=1S/C27H30N6OS.CO2/c1-3-27-12-7-13-31(18-28)25(27)24-20(11-14-32-16-21(29-30-32)23-10-6-15-35-23)19-8-4-5-9-22(19)33(24)26(2,34)17-27;2-1-3/h4-6,8-10,15-16,25,34H,3,7,11-14,17H2,1-2H3;/t25-,26-,27+;/m1./s1. The molecule has 0 spiro atoms. The number of nitrogens with zero attached hydrogens (tertiary/aromatic N) is 6. The molecule has 38 heavy (non-hydrogen) atoms.